The van der Waals surface area contributed by atoms with Crippen molar-refractivity contribution < 1.29 is 9.84 Å². The van der Waals surface area contributed by atoms with Crippen molar-refractivity contribution in [1.29, 1.82) is 0 Å². The summed E-state index contributed by atoms with van der Waals surface area (Å²) in [5, 5.41) is 11.5. The molecule has 5 fully saturated rings. The average Bonchev–Trinajstić information content (AvgIpc) is 3.28. The minimum absolute atomic E-state index is 0.183. The third-order valence-electron chi connectivity index (χ3n) is 10.3. The summed E-state index contributed by atoms with van der Waals surface area (Å²) in [6.45, 7) is 8.38. The average molecular weight is 347 g/mol. The van der Waals surface area contributed by atoms with E-state index in [1.807, 2.05) is 0 Å². The Morgan fingerprint density at radius 1 is 0.960 bits per heavy atom. The molecular formula is C23H38O2. The Morgan fingerprint density at radius 3 is 2.44 bits per heavy atom. The molecule has 2 nitrogen and oxygen atoms in total. The molecule has 2 heteroatoms. The van der Waals surface area contributed by atoms with E-state index in [-0.39, 0.29) is 11.0 Å². The van der Waals surface area contributed by atoms with Crippen molar-refractivity contribution >= 4 is 0 Å². The fourth-order valence-electron chi connectivity index (χ4n) is 8.61. The van der Waals surface area contributed by atoms with Crippen LogP contribution in [0.1, 0.15) is 91.4 Å². The topological polar surface area (TPSA) is 32.8 Å². The van der Waals surface area contributed by atoms with Crippen molar-refractivity contribution in [3.63, 3.8) is 0 Å². The molecule has 1 aliphatic heterocycles. The molecule has 4 aliphatic carbocycles. The molecule has 25 heavy (non-hydrogen) atoms. The maximum atomic E-state index is 11.5. The van der Waals surface area contributed by atoms with Gasteiger partial charge in [0.1, 0.15) is 0 Å². The van der Waals surface area contributed by atoms with Gasteiger partial charge in [-0.05, 0) is 98.7 Å². The summed E-state index contributed by atoms with van der Waals surface area (Å²) in [7, 11) is 0. The number of ether oxygens (including phenoxy) is 1. The van der Waals surface area contributed by atoms with Crippen LogP contribution < -0.4 is 0 Å². The first-order valence-electron chi connectivity index (χ1n) is 11.2. The van der Waals surface area contributed by atoms with Crippen LogP contribution in [0.25, 0.3) is 0 Å². The number of fused-ring (bicyclic) bond motifs is 5. The summed E-state index contributed by atoms with van der Waals surface area (Å²) in [5.74, 6) is 3.45. The van der Waals surface area contributed by atoms with Gasteiger partial charge in [-0.3, -0.25) is 0 Å². The Bertz CT molecular complexity index is 554. The summed E-state index contributed by atoms with van der Waals surface area (Å²) in [6.07, 6.45) is 14.0. The van der Waals surface area contributed by atoms with E-state index >= 15 is 0 Å². The zero-order chi connectivity index (χ0) is 17.5. The van der Waals surface area contributed by atoms with Gasteiger partial charge in [-0.2, -0.15) is 0 Å². The Kier molecular flexibility index (Phi) is 3.58. The van der Waals surface area contributed by atoms with Crippen LogP contribution >= 0.6 is 0 Å². The lowest BCUT2D eigenvalue weighted by atomic mass is 9.44. The van der Waals surface area contributed by atoms with Gasteiger partial charge in [0, 0.05) is 0 Å². The van der Waals surface area contributed by atoms with Crippen LogP contribution in [0.4, 0.5) is 0 Å². The molecular weight excluding hydrogens is 308 g/mol. The molecule has 1 saturated heterocycles. The maximum absolute atomic E-state index is 11.5. The highest BCUT2D eigenvalue weighted by Crippen LogP contribution is 2.70. The summed E-state index contributed by atoms with van der Waals surface area (Å²) in [6, 6.07) is 0. The Morgan fingerprint density at radius 2 is 1.72 bits per heavy atom. The van der Waals surface area contributed by atoms with Gasteiger partial charge < -0.3 is 9.84 Å². The largest absolute Gasteiger partial charge is 0.389 e. The van der Waals surface area contributed by atoms with Gasteiger partial charge in [0.25, 0.3) is 0 Å². The molecule has 0 radical (unpaired) electrons. The Hall–Kier alpha value is -0.0800. The molecule has 1 N–H and O–H groups in total. The summed E-state index contributed by atoms with van der Waals surface area (Å²) < 4.78 is 5.87. The van der Waals surface area contributed by atoms with E-state index in [0.29, 0.717) is 11.0 Å². The van der Waals surface area contributed by atoms with E-state index in [2.05, 4.69) is 20.8 Å². The van der Waals surface area contributed by atoms with Crippen LogP contribution in [0, 0.1) is 34.5 Å². The van der Waals surface area contributed by atoms with E-state index in [1.165, 1.54) is 51.4 Å². The van der Waals surface area contributed by atoms with E-state index in [1.54, 1.807) is 0 Å². The van der Waals surface area contributed by atoms with Gasteiger partial charge in [-0.1, -0.05) is 27.2 Å². The Labute approximate surface area is 154 Å². The van der Waals surface area contributed by atoms with Crippen molar-refractivity contribution in [3.8, 4) is 0 Å². The van der Waals surface area contributed by atoms with Gasteiger partial charge >= 0.3 is 0 Å². The molecule has 142 valence electrons. The third kappa shape index (κ3) is 2.16. The highest BCUT2D eigenvalue weighted by atomic mass is 16.6. The monoisotopic (exact) mass is 346 g/mol. The van der Waals surface area contributed by atoms with Crippen molar-refractivity contribution in [3.05, 3.63) is 0 Å². The van der Waals surface area contributed by atoms with Gasteiger partial charge in [-0.15, -0.1) is 0 Å². The molecule has 5 rings (SSSR count). The van der Waals surface area contributed by atoms with Crippen LogP contribution in [0.15, 0.2) is 0 Å². The molecule has 1 heterocycles. The Balaban J connectivity index is 1.42. The van der Waals surface area contributed by atoms with Gasteiger partial charge in [0.2, 0.25) is 0 Å². The second-order valence-electron chi connectivity index (χ2n) is 11.1. The lowest BCUT2D eigenvalue weighted by Gasteiger charge is -2.61. The highest BCUT2D eigenvalue weighted by Gasteiger charge is 2.65. The zero-order valence-electron chi connectivity index (χ0n) is 16.7. The molecule has 0 amide bonds. The van der Waals surface area contributed by atoms with E-state index in [9.17, 15) is 5.11 Å². The number of aliphatic hydroxyl groups is 1. The molecule has 4 saturated carbocycles. The lowest BCUT2D eigenvalue weighted by molar-refractivity contribution is -0.157. The summed E-state index contributed by atoms with van der Waals surface area (Å²) in [4.78, 5) is 0. The molecule has 0 aromatic carbocycles. The minimum Gasteiger partial charge on any atom is -0.389 e. The van der Waals surface area contributed by atoms with E-state index < -0.39 is 0 Å². The first kappa shape index (κ1) is 17.0. The smallest absolute Gasteiger partial charge is 0.0919 e. The fourth-order valence-corrected chi connectivity index (χ4v) is 8.61. The number of hydrogen-bond acceptors (Lipinski definition) is 2. The quantitative estimate of drug-likeness (QED) is 0.686. The minimum atomic E-state index is -0.381. The van der Waals surface area contributed by atoms with Crippen molar-refractivity contribution in [1.82, 2.24) is 0 Å². The fraction of sp³-hybridized carbons (Fsp3) is 1.00. The second kappa shape index (κ2) is 5.25. The van der Waals surface area contributed by atoms with Crippen LogP contribution in [0.3, 0.4) is 0 Å². The van der Waals surface area contributed by atoms with Crippen LogP contribution in [-0.4, -0.2) is 22.9 Å². The zero-order valence-corrected chi connectivity index (χ0v) is 16.7. The molecule has 5 aliphatic rings. The normalized spacial score (nSPS) is 60.0. The molecule has 0 bridgehead atoms. The predicted octanol–water partition coefficient (Wildman–Crippen LogP) is 5.33. The molecule has 1 spiro atoms. The van der Waals surface area contributed by atoms with Gasteiger partial charge in [0.05, 0.1) is 17.8 Å². The number of rotatable bonds is 2. The first-order valence-corrected chi connectivity index (χ1v) is 11.2. The number of epoxide rings is 1. The van der Waals surface area contributed by atoms with E-state index in [4.69, 9.17) is 4.74 Å². The van der Waals surface area contributed by atoms with Gasteiger partial charge in [0.15, 0.2) is 0 Å². The van der Waals surface area contributed by atoms with Crippen molar-refractivity contribution in [2.75, 3.05) is 6.61 Å². The maximum Gasteiger partial charge on any atom is 0.0919 e. The van der Waals surface area contributed by atoms with Crippen LogP contribution in [0.5, 0.6) is 0 Å². The van der Waals surface area contributed by atoms with Crippen LogP contribution in [0.2, 0.25) is 0 Å². The van der Waals surface area contributed by atoms with Crippen molar-refractivity contribution in [2.24, 2.45) is 34.5 Å². The molecule has 0 unspecified atom stereocenters. The van der Waals surface area contributed by atoms with E-state index in [0.717, 1.165) is 49.5 Å². The predicted molar refractivity (Wildman–Crippen MR) is 100 cm³/mol. The van der Waals surface area contributed by atoms with Gasteiger partial charge in [-0.25, -0.2) is 0 Å². The molecule has 0 aromatic heterocycles. The highest BCUT2D eigenvalue weighted by molar-refractivity contribution is 5.15. The standard InChI is InChI=1S/C23H38O2/c1-4-9-23(24)11-8-19-17-6-5-16-14-22(15-25-22)13-12-20(16,2)18(17)7-10-21(19,23)3/h16-19,24H,4-15H2,1-3H3/t16-,17-,18+,19-,20-,21-,22-,23-/m0/s1. The first-order chi connectivity index (χ1) is 11.9. The summed E-state index contributed by atoms with van der Waals surface area (Å²) >= 11 is 0. The second-order valence-corrected chi connectivity index (χ2v) is 11.1. The third-order valence-corrected chi connectivity index (χ3v) is 10.3. The SMILES string of the molecule is CCC[C@]1(O)CC[C@H]2[C@H]3CC[C@H]4C[C@@]5(CC[C@]4(C)[C@@H]3CC[C@@]21C)CO5. The number of hydrogen-bond donors (Lipinski definition) is 1. The molecule has 0 aromatic rings. The van der Waals surface area contributed by atoms with Crippen molar-refractivity contribution in [2.45, 2.75) is 103 Å². The lowest BCUT2D eigenvalue weighted by Crippen LogP contribution is -2.57. The molecule has 8 atom stereocenters. The summed E-state index contributed by atoms with van der Waals surface area (Å²) in [5.41, 5.74) is 0.665. The van der Waals surface area contributed by atoms with Crippen LogP contribution in [-0.2, 0) is 4.74 Å².